The van der Waals surface area contributed by atoms with Crippen LogP contribution < -0.4 is 10.2 Å². The Morgan fingerprint density at radius 2 is 2.15 bits per heavy atom. The number of nitrogens with one attached hydrogen (secondary N) is 1. The first-order valence-electron chi connectivity index (χ1n) is 6.82. The molecule has 0 heterocycles. The van der Waals surface area contributed by atoms with Gasteiger partial charge < -0.3 is 15.3 Å². The molecule has 2 N–H and O–H groups in total. The first-order valence-corrected chi connectivity index (χ1v) is 6.82. The summed E-state index contributed by atoms with van der Waals surface area (Å²) < 4.78 is 13.8. The molecular formula is C15H23FN2O2. The minimum atomic E-state index is -0.882. The van der Waals surface area contributed by atoms with Gasteiger partial charge in [-0.25, -0.2) is 4.39 Å². The second-order valence-electron chi connectivity index (χ2n) is 5.38. The van der Waals surface area contributed by atoms with Gasteiger partial charge in [0.15, 0.2) is 0 Å². The highest BCUT2D eigenvalue weighted by Crippen LogP contribution is 2.20. The molecule has 1 aromatic carbocycles. The van der Waals surface area contributed by atoms with E-state index in [-0.39, 0.29) is 18.8 Å². The van der Waals surface area contributed by atoms with Gasteiger partial charge in [-0.3, -0.25) is 4.79 Å². The Morgan fingerprint density at radius 3 is 2.75 bits per heavy atom. The van der Waals surface area contributed by atoms with Gasteiger partial charge in [-0.05, 0) is 30.2 Å². The molecule has 4 nitrogen and oxygen atoms in total. The van der Waals surface area contributed by atoms with Crippen molar-refractivity contribution >= 4 is 11.7 Å². The summed E-state index contributed by atoms with van der Waals surface area (Å²) in [7, 11) is 1.70. The highest BCUT2D eigenvalue weighted by atomic mass is 19.1. The zero-order valence-corrected chi connectivity index (χ0v) is 12.3. The first-order chi connectivity index (χ1) is 9.40. The summed E-state index contributed by atoms with van der Waals surface area (Å²) >= 11 is 0. The van der Waals surface area contributed by atoms with Crippen LogP contribution in [0, 0.1) is 11.7 Å². The van der Waals surface area contributed by atoms with Crippen molar-refractivity contribution in [3.63, 3.8) is 0 Å². The number of benzene rings is 1. The van der Waals surface area contributed by atoms with E-state index in [1.165, 1.54) is 6.07 Å². The fourth-order valence-corrected chi connectivity index (χ4v) is 1.85. The number of hydrogen-bond acceptors (Lipinski definition) is 3. The van der Waals surface area contributed by atoms with E-state index in [1.54, 1.807) is 24.1 Å². The van der Waals surface area contributed by atoms with E-state index in [2.05, 4.69) is 19.2 Å². The van der Waals surface area contributed by atoms with Gasteiger partial charge in [0.1, 0.15) is 5.82 Å². The molecule has 0 aliphatic heterocycles. The fraction of sp³-hybridized carbons (Fsp3) is 0.533. The molecule has 20 heavy (non-hydrogen) atoms. The van der Waals surface area contributed by atoms with E-state index >= 15 is 0 Å². The summed E-state index contributed by atoms with van der Waals surface area (Å²) in [5.74, 6) is -0.648. The largest absolute Gasteiger partial charge is 0.481 e. The number of rotatable bonds is 8. The number of carbonyl (C=O) groups is 1. The normalized spacial score (nSPS) is 10.8. The lowest BCUT2D eigenvalue weighted by Crippen LogP contribution is -2.23. The van der Waals surface area contributed by atoms with Crippen molar-refractivity contribution in [3.05, 3.63) is 29.6 Å². The lowest BCUT2D eigenvalue weighted by molar-refractivity contribution is -0.136. The van der Waals surface area contributed by atoms with E-state index in [1.807, 2.05) is 0 Å². The van der Waals surface area contributed by atoms with Crippen molar-refractivity contribution in [1.82, 2.24) is 5.32 Å². The molecule has 0 unspecified atom stereocenters. The second-order valence-corrected chi connectivity index (χ2v) is 5.38. The number of nitrogens with zero attached hydrogens (tertiary/aromatic N) is 1. The highest BCUT2D eigenvalue weighted by Gasteiger charge is 2.10. The number of hydrogen-bond donors (Lipinski definition) is 2. The molecule has 0 fully saturated rings. The van der Waals surface area contributed by atoms with Crippen LogP contribution in [0.2, 0.25) is 0 Å². The van der Waals surface area contributed by atoms with Gasteiger partial charge in [0, 0.05) is 20.1 Å². The van der Waals surface area contributed by atoms with Crippen LogP contribution in [0.3, 0.4) is 0 Å². The Bertz CT molecular complexity index is 449. The van der Waals surface area contributed by atoms with Gasteiger partial charge in [0.25, 0.3) is 0 Å². The summed E-state index contributed by atoms with van der Waals surface area (Å²) in [4.78, 5) is 12.2. The van der Waals surface area contributed by atoms with Crippen LogP contribution in [-0.4, -0.2) is 31.2 Å². The molecule has 0 spiro atoms. The molecule has 0 atom stereocenters. The van der Waals surface area contributed by atoms with Crippen LogP contribution in [0.4, 0.5) is 10.1 Å². The molecule has 0 bridgehead atoms. The molecule has 0 aliphatic carbocycles. The summed E-state index contributed by atoms with van der Waals surface area (Å²) in [6.07, 6.45) is -0.00817. The van der Waals surface area contributed by atoms with Crippen molar-refractivity contribution in [1.29, 1.82) is 0 Å². The summed E-state index contributed by atoms with van der Waals surface area (Å²) in [6, 6.07) is 4.95. The van der Waals surface area contributed by atoms with Crippen LogP contribution >= 0.6 is 0 Å². The number of carboxylic acid groups (broad SMARTS) is 1. The summed E-state index contributed by atoms with van der Waals surface area (Å²) in [5.41, 5.74) is 1.43. The zero-order valence-electron chi connectivity index (χ0n) is 12.3. The quantitative estimate of drug-likeness (QED) is 0.769. The summed E-state index contributed by atoms with van der Waals surface area (Å²) in [5, 5.41) is 12.0. The van der Waals surface area contributed by atoms with Crippen molar-refractivity contribution in [2.24, 2.45) is 5.92 Å². The monoisotopic (exact) mass is 282 g/mol. The maximum absolute atomic E-state index is 13.8. The Morgan fingerprint density at radius 1 is 1.45 bits per heavy atom. The SMILES string of the molecule is CC(C)CNCc1ccc(F)c(N(C)CCC(=O)O)c1. The van der Waals surface area contributed by atoms with E-state index in [0.717, 1.165) is 12.1 Å². The molecule has 0 amide bonds. The van der Waals surface area contributed by atoms with Gasteiger partial charge in [-0.1, -0.05) is 19.9 Å². The number of carboxylic acids is 1. The van der Waals surface area contributed by atoms with Gasteiger partial charge in [0.2, 0.25) is 0 Å². The Labute approximate surface area is 119 Å². The van der Waals surface area contributed by atoms with Gasteiger partial charge in [-0.15, -0.1) is 0 Å². The van der Waals surface area contributed by atoms with Gasteiger partial charge in [-0.2, -0.15) is 0 Å². The average Bonchev–Trinajstić information content (AvgIpc) is 2.37. The number of anilines is 1. The second kappa shape index (κ2) is 7.85. The topological polar surface area (TPSA) is 52.6 Å². The molecule has 112 valence electrons. The van der Waals surface area contributed by atoms with Crippen molar-refractivity contribution in [2.75, 3.05) is 25.0 Å². The van der Waals surface area contributed by atoms with E-state index < -0.39 is 5.97 Å². The van der Waals surface area contributed by atoms with Crippen molar-refractivity contribution in [3.8, 4) is 0 Å². The molecule has 1 rings (SSSR count). The summed E-state index contributed by atoms with van der Waals surface area (Å²) in [6.45, 7) is 6.13. The molecule has 0 aromatic heterocycles. The average molecular weight is 282 g/mol. The minimum Gasteiger partial charge on any atom is -0.481 e. The maximum Gasteiger partial charge on any atom is 0.305 e. The lowest BCUT2D eigenvalue weighted by Gasteiger charge is -2.20. The highest BCUT2D eigenvalue weighted by molar-refractivity contribution is 5.67. The standard InChI is InChI=1S/C15H23FN2O2/c1-11(2)9-17-10-12-4-5-13(16)14(8-12)18(3)7-6-15(19)20/h4-5,8,11,17H,6-7,9-10H2,1-3H3,(H,19,20). The molecule has 0 aliphatic rings. The predicted molar refractivity (Wildman–Crippen MR) is 78.5 cm³/mol. The van der Waals surface area contributed by atoms with Gasteiger partial charge >= 0.3 is 5.97 Å². The molecule has 0 radical (unpaired) electrons. The predicted octanol–water partition coefficient (Wildman–Crippen LogP) is 2.48. The Hall–Kier alpha value is -1.62. The van der Waals surface area contributed by atoms with Gasteiger partial charge in [0.05, 0.1) is 12.1 Å². The fourth-order valence-electron chi connectivity index (χ4n) is 1.85. The smallest absolute Gasteiger partial charge is 0.305 e. The van der Waals surface area contributed by atoms with E-state index in [4.69, 9.17) is 5.11 Å². The van der Waals surface area contributed by atoms with Crippen molar-refractivity contribution < 1.29 is 14.3 Å². The van der Waals surface area contributed by atoms with Crippen LogP contribution in [0.15, 0.2) is 18.2 Å². The third-order valence-electron chi connectivity index (χ3n) is 2.96. The maximum atomic E-state index is 13.8. The first kappa shape index (κ1) is 16.4. The van der Waals surface area contributed by atoms with E-state index in [9.17, 15) is 9.18 Å². The van der Waals surface area contributed by atoms with Crippen molar-refractivity contribution in [2.45, 2.75) is 26.8 Å². The third-order valence-corrected chi connectivity index (χ3v) is 2.96. The van der Waals surface area contributed by atoms with E-state index in [0.29, 0.717) is 18.2 Å². The molecular weight excluding hydrogens is 259 g/mol. The lowest BCUT2D eigenvalue weighted by atomic mass is 10.1. The van der Waals surface area contributed by atoms with Crippen LogP contribution in [-0.2, 0) is 11.3 Å². The number of halogens is 1. The molecule has 0 saturated carbocycles. The third kappa shape index (κ3) is 5.57. The molecule has 5 heteroatoms. The van der Waals surface area contributed by atoms with Crippen LogP contribution in [0.5, 0.6) is 0 Å². The Balaban J connectivity index is 2.67. The minimum absolute atomic E-state index is 0.00817. The number of aliphatic carboxylic acids is 1. The molecule has 1 aromatic rings. The zero-order chi connectivity index (χ0) is 15.1. The molecule has 0 saturated heterocycles. The Kier molecular flexibility index (Phi) is 6.45. The van der Waals surface area contributed by atoms with Crippen LogP contribution in [0.1, 0.15) is 25.8 Å². The van der Waals surface area contributed by atoms with Crippen LogP contribution in [0.25, 0.3) is 0 Å².